The number of hydrogen-bond acceptors (Lipinski definition) is 7. The van der Waals surface area contributed by atoms with Crippen LogP contribution >= 0.6 is 11.3 Å². The second-order valence-electron chi connectivity index (χ2n) is 5.39. The molecule has 0 atom stereocenters. The molecule has 0 spiro atoms. The van der Waals surface area contributed by atoms with Crippen LogP contribution in [0.3, 0.4) is 0 Å². The molecule has 4 aromatic rings. The Morgan fingerprint density at radius 1 is 1.15 bits per heavy atom. The van der Waals surface area contributed by atoms with Gasteiger partial charge < -0.3 is 4.74 Å². The highest BCUT2D eigenvalue weighted by atomic mass is 32.1. The average Bonchev–Trinajstić information content (AvgIpc) is 3.24. The van der Waals surface area contributed by atoms with Gasteiger partial charge >= 0.3 is 0 Å². The highest BCUT2D eigenvalue weighted by Gasteiger charge is 2.16. The molecule has 26 heavy (non-hydrogen) atoms. The molecule has 0 radical (unpaired) electrons. The van der Waals surface area contributed by atoms with Crippen LogP contribution in [0.2, 0.25) is 0 Å². The predicted octanol–water partition coefficient (Wildman–Crippen LogP) is 3.83. The third-order valence-electron chi connectivity index (χ3n) is 3.72. The minimum Gasteiger partial charge on any atom is -0.494 e. The summed E-state index contributed by atoms with van der Waals surface area (Å²) in [6, 6.07) is 13.9. The second kappa shape index (κ2) is 6.52. The molecule has 9 heteroatoms. The van der Waals surface area contributed by atoms with E-state index in [4.69, 9.17) is 4.74 Å². The summed E-state index contributed by atoms with van der Waals surface area (Å²) in [6.07, 6.45) is 0. The van der Waals surface area contributed by atoms with Crippen molar-refractivity contribution in [2.75, 3.05) is 6.61 Å². The lowest BCUT2D eigenvalue weighted by Crippen LogP contribution is -1.93. The molecular weight excluding hydrogens is 354 g/mol. The van der Waals surface area contributed by atoms with Crippen molar-refractivity contribution in [1.82, 2.24) is 19.8 Å². The predicted molar refractivity (Wildman–Crippen MR) is 97.4 cm³/mol. The first-order valence-corrected chi connectivity index (χ1v) is 8.67. The molecule has 2 heterocycles. The molecule has 8 nitrogen and oxygen atoms in total. The molecule has 0 aliphatic carbocycles. The molecule has 0 amide bonds. The number of nitro groups is 1. The summed E-state index contributed by atoms with van der Waals surface area (Å²) >= 11 is 1.33. The molecule has 2 aromatic carbocycles. The standard InChI is InChI=1S/C17H13N5O3S/c1-2-25-14-8-6-11(7-9-14)15-18-19-17-21(15)20-16(26-17)12-4-3-5-13(10-12)22(23)24/h3-10H,2H2,1H3. The van der Waals surface area contributed by atoms with Crippen molar-refractivity contribution in [3.63, 3.8) is 0 Å². The van der Waals surface area contributed by atoms with Crippen LogP contribution in [0.5, 0.6) is 5.75 Å². The zero-order chi connectivity index (χ0) is 18.1. The lowest BCUT2D eigenvalue weighted by molar-refractivity contribution is -0.384. The maximum Gasteiger partial charge on any atom is 0.270 e. The van der Waals surface area contributed by atoms with E-state index >= 15 is 0 Å². The molecule has 130 valence electrons. The number of nitrogens with zero attached hydrogens (tertiary/aromatic N) is 5. The van der Waals surface area contributed by atoms with E-state index in [0.29, 0.717) is 28.0 Å². The summed E-state index contributed by atoms with van der Waals surface area (Å²) in [5.74, 6) is 1.39. The maximum atomic E-state index is 11.0. The number of non-ortho nitro benzene ring substituents is 1. The van der Waals surface area contributed by atoms with Gasteiger partial charge in [0.05, 0.1) is 11.5 Å². The Morgan fingerprint density at radius 2 is 1.96 bits per heavy atom. The van der Waals surface area contributed by atoms with Gasteiger partial charge in [-0.3, -0.25) is 10.1 Å². The maximum absolute atomic E-state index is 11.0. The number of ether oxygens (including phenoxy) is 1. The summed E-state index contributed by atoms with van der Waals surface area (Å²) in [4.78, 5) is 11.2. The quantitative estimate of drug-likeness (QED) is 0.393. The van der Waals surface area contributed by atoms with Gasteiger partial charge in [-0.2, -0.15) is 9.61 Å². The van der Waals surface area contributed by atoms with Crippen LogP contribution in [0.4, 0.5) is 5.69 Å². The topological polar surface area (TPSA) is 95.5 Å². The lowest BCUT2D eigenvalue weighted by atomic mass is 10.2. The van der Waals surface area contributed by atoms with Crippen LogP contribution in [0.15, 0.2) is 48.5 Å². The number of fused-ring (bicyclic) bond motifs is 1. The van der Waals surface area contributed by atoms with Gasteiger partial charge in [-0.15, -0.1) is 10.2 Å². The molecule has 0 N–H and O–H groups in total. The van der Waals surface area contributed by atoms with Crippen LogP contribution in [0.25, 0.3) is 26.9 Å². The van der Waals surface area contributed by atoms with E-state index in [1.165, 1.54) is 23.5 Å². The van der Waals surface area contributed by atoms with Crippen molar-refractivity contribution in [3.8, 4) is 27.7 Å². The number of aromatic nitrogens is 4. The minimum absolute atomic E-state index is 0.0280. The van der Waals surface area contributed by atoms with E-state index < -0.39 is 4.92 Å². The third-order valence-corrected chi connectivity index (χ3v) is 4.67. The third kappa shape index (κ3) is 2.88. The Bertz CT molecular complexity index is 1090. The van der Waals surface area contributed by atoms with Crippen LogP contribution < -0.4 is 4.74 Å². The van der Waals surface area contributed by atoms with Crippen molar-refractivity contribution in [2.24, 2.45) is 0 Å². The second-order valence-corrected chi connectivity index (χ2v) is 6.35. The number of nitro benzene ring substituents is 1. The van der Waals surface area contributed by atoms with Crippen LogP contribution in [0, 0.1) is 10.1 Å². The fraction of sp³-hybridized carbons (Fsp3) is 0.118. The molecule has 2 aromatic heterocycles. The van der Waals surface area contributed by atoms with Crippen molar-refractivity contribution < 1.29 is 9.66 Å². The average molecular weight is 367 g/mol. The van der Waals surface area contributed by atoms with E-state index in [-0.39, 0.29) is 5.69 Å². The Hall–Kier alpha value is -3.33. The number of rotatable bonds is 5. The van der Waals surface area contributed by atoms with E-state index in [1.54, 1.807) is 16.6 Å². The molecule has 0 unspecified atom stereocenters. The van der Waals surface area contributed by atoms with Gasteiger partial charge in [-0.05, 0) is 31.2 Å². The van der Waals surface area contributed by atoms with E-state index in [9.17, 15) is 10.1 Å². The molecule has 0 fully saturated rings. The van der Waals surface area contributed by atoms with Crippen LogP contribution in [0.1, 0.15) is 6.92 Å². The van der Waals surface area contributed by atoms with Crippen molar-refractivity contribution >= 4 is 22.0 Å². The van der Waals surface area contributed by atoms with Gasteiger partial charge in [-0.1, -0.05) is 23.5 Å². The Kier molecular flexibility index (Phi) is 4.05. The summed E-state index contributed by atoms with van der Waals surface area (Å²) in [6.45, 7) is 2.54. The molecule has 0 saturated carbocycles. The zero-order valence-electron chi connectivity index (χ0n) is 13.7. The smallest absolute Gasteiger partial charge is 0.270 e. The van der Waals surface area contributed by atoms with Crippen molar-refractivity contribution in [1.29, 1.82) is 0 Å². The van der Waals surface area contributed by atoms with Gasteiger partial charge in [0, 0.05) is 23.3 Å². The Balaban J connectivity index is 1.73. The zero-order valence-corrected chi connectivity index (χ0v) is 14.5. The van der Waals surface area contributed by atoms with Gasteiger partial charge in [0.15, 0.2) is 5.82 Å². The van der Waals surface area contributed by atoms with Gasteiger partial charge in [0.25, 0.3) is 5.69 Å². The van der Waals surface area contributed by atoms with Gasteiger partial charge in [0.1, 0.15) is 10.8 Å². The SMILES string of the molecule is CCOc1ccc(-c2nnc3sc(-c4cccc([N+](=O)[O-])c4)nn23)cc1. The summed E-state index contributed by atoms with van der Waals surface area (Å²) in [5.41, 5.74) is 1.56. The Labute approximate surface area is 151 Å². The van der Waals surface area contributed by atoms with Crippen molar-refractivity contribution in [2.45, 2.75) is 6.92 Å². The lowest BCUT2D eigenvalue weighted by Gasteiger charge is -2.03. The summed E-state index contributed by atoms with van der Waals surface area (Å²) < 4.78 is 7.09. The van der Waals surface area contributed by atoms with Crippen LogP contribution in [-0.2, 0) is 0 Å². The van der Waals surface area contributed by atoms with Gasteiger partial charge in [-0.25, -0.2) is 0 Å². The highest BCUT2D eigenvalue weighted by Crippen LogP contribution is 2.30. The molecule has 0 bridgehead atoms. The molecule has 0 aliphatic heterocycles. The van der Waals surface area contributed by atoms with Gasteiger partial charge in [0.2, 0.25) is 4.96 Å². The van der Waals surface area contributed by atoms with Crippen LogP contribution in [-0.4, -0.2) is 31.3 Å². The number of benzene rings is 2. The molecule has 4 rings (SSSR count). The molecule has 0 aliphatic rings. The largest absolute Gasteiger partial charge is 0.494 e. The van der Waals surface area contributed by atoms with Crippen molar-refractivity contribution in [3.05, 3.63) is 58.6 Å². The molecule has 0 saturated heterocycles. The fourth-order valence-electron chi connectivity index (χ4n) is 2.53. The van der Waals surface area contributed by atoms with E-state index in [1.807, 2.05) is 31.2 Å². The number of hydrogen-bond donors (Lipinski definition) is 0. The van der Waals surface area contributed by atoms with E-state index in [2.05, 4.69) is 15.3 Å². The van der Waals surface area contributed by atoms with E-state index in [0.717, 1.165) is 11.3 Å². The molecular formula is C17H13N5O3S. The first-order chi connectivity index (χ1) is 12.7. The summed E-state index contributed by atoms with van der Waals surface area (Å²) in [7, 11) is 0. The first-order valence-electron chi connectivity index (χ1n) is 7.86. The monoisotopic (exact) mass is 367 g/mol. The normalized spacial score (nSPS) is 11.0. The minimum atomic E-state index is -0.422. The fourth-order valence-corrected chi connectivity index (χ4v) is 3.37. The highest BCUT2D eigenvalue weighted by molar-refractivity contribution is 7.19. The summed E-state index contributed by atoms with van der Waals surface area (Å²) in [5, 5.41) is 24.5. The Morgan fingerprint density at radius 3 is 2.69 bits per heavy atom. The first kappa shape index (κ1) is 16.2.